The molecule has 2 N–H and O–H groups in total. The van der Waals surface area contributed by atoms with Crippen LogP contribution in [-0.2, 0) is 16.1 Å². The van der Waals surface area contributed by atoms with E-state index < -0.39 is 6.10 Å². The topological polar surface area (TPSA) is 64.8 Å². The number of amides is 1. The number of carbonyl (C=O) groups excluding carboxylic acids is 1. The van der Waals surface area contributed by atoms with Crippen molar-refractivity contribution in [2.45, 2.75) is 33.5 Å². The highest BCUT2D eigenvalue weighted by atomic mass is 35.5. The van der Waals surface area contributed by atoms with E-state index in [1.807, 2.05) is 38.1 Å². The third-order valence-corrected chi connectivity index (χ3v) is 3.58. The minimum atomic E-state index is -0.496. The fourth-order valence-corrected chi connectivity index (χ4v) is 2.15. The van der Waals surface area contributed by atoms with Crippen LogP contribution >= 0.6 is 12.4 Å². The van der Waals surface area contributed by atoms with E-state index in [4.69, 9.17) is 15.2 Å². The Labute approximate surface area is 145 Å². The molecule has 1 amide bonds. The summed E-state index contributed by atoms with van der Waals surface area (Å²) in [5, 5.41) is 0. The zero-order valence-electron chi connectivity index (χ0n) is 14.7. The molecule has 1 aromatic carbocycles. The summed E-state index contributed by atoms with van der Waals surface area (Å²) in [7, 11) is 3.41. The highest BCUT2D eigenvalue weighted by molar-refractivity contribution is 5.85. The van der Waals surface area contributed by atoms with Gasteiger partial charge >= 0.3 is 0 Å². The van der Waals surface area contributed by atoms with E-state index in [1.165, 1.54) is 0 Å². The molecule has 1 aromatic rings. The smallest absolute Gasteiger partial charge is 0.251 e. The van der Waals surface area contributed by atoms with Gasteiger partial charge in [0.05, 0.1) is 13.7 Å². The molecule has 0 radical (unpaired) electrons. The Hall–Kier alpha value is -1.30. The summed E-state index contributed by atoms with van der Waals surface area (Å²) < 4.78 is 10.9. The molecule has 132 valence electrons. The molecule has 0 spiro atoms. The van der Waals surface area contributed by atoms with Crippen LogP contribution in [0.25, 0.3) is 0 Å². The van der Waals surface area contributed by atoms with Crippen molar-refractivity contribution in [1.82, 2.24) is 4.90 Å². The fourth-order valence-electron chi connectivity index (χ4n) is 2.15. The van der Waals surface area contributed by atoms with Crippen molar-refractivity contribution in [3.05, 3.63) is 29.8 Å². The van der Waals surface area contributed by atoms with Crippen LogP contribution in [0.1, 0.15) is 26.3 Å². The minimum absolute atomic E-state index is 0. The van der Waals surface area contributed by atoms with Gasteiger partial charge in [-0.15, -0.1) is 12.4 Å². The van der Waals surface area contributed by atoms with E-state index in [-0.39, 0.29) is 23.7 Å². The molecule has 1 unspecified atom stereocenters. The standard InChI is InChI=1S/C17H28N2O3.ClH/c1-13(16(20)19(4)12-17(2,3)11-18)22-10-14-7-6-8-15(9-14)21-5;/h6-9,13H,10-12,18H2,1-5H3;1H. The number of benzene rings is 1. The molecule has 6 heteroatoms. The fraction of sp³-hybridized carbons (Fsp3) is 0.588. The molecule has 0 fully saturated rings. The molecule has 0 aliphatic rings. The van der Waals surface area contributed by atoms with Crippen LogP contribution in [0.15, 0.2) is 24.3 Å². The van der Waals surface area contributed by atoms with E-state index in [0.29, 0.717) is 19.7 Å². The van der Waals surface area contributed by atoms with E-state index in [1.54, 1.807) is 26.0 Å². The zero-order valence-corrected chi connectivity index (χ0v) is 15.5. The maximum absolute atomic E-state index is 12.3. The molecule has 23 heavy (non-hydrogen) atoms. The quantitative estimate of drug-likeness (QED) is 0.786. The number of carbonyl (C=O) groups is 1. The summed E-state index contributed by atoms with van der Waals surface area (Å²) in [5.41, 5.74) is 6.59. The van der Waals surface area contributed by atoms with E-state index in [2.05, 4.69) is 0 Å². The lowest BCUT2D eigenvalue weighted by Crippen LogP contribution is -2.43. The Bertz CT molecular complexity index is 494. The number of rotatable bonds is 8. The van der Waals surface area contributed by atoms with Crippen molar-refractivity contribution in [2.24, 2.45) is 11.1 Å². The summed E-state index contributed by atoms with van der Waals surface area (Å²) in [4.78, 5) is 14.0. The summed E-state index contributed by atoms with van der Waals surface area (Å²) in [6, 6.07) is 7.63. The Balaban J connectivity index is 0.00000484. The molecule has 0 aliphatic carbocycles. The van der Waals surface area contributed by atoms with Crippen LogP contribution < -0.4 is 10.5 Å². The van der Waals surface area contributed by atoms with Crippen LogP contribution in [0.3, 0.4) is 0 Å². The van der Waals surface area contributed by atoms with E-state index in [9.17, 15) is 4.79 Å². The van der Waals surface area contributed by atoms with Gasteiger partial charge in [-0.2, -0.15) is 0 Å². The summed E-state index contributed by atoms with van der Waals surface area (Å²) in [6.45, 7) is 7.36. The number of hydrogen-bond donors (Lipinski definition) is 1. The van der Waals surface area contributed by atoms with Gasteiger partial charge in [0.25, 0.3) is 5.91 Å². The Morgan fingerprint density at radius 2 is 2.04 bits per heavy atom. The molecule has 0 heterocycles. The normalized spacial score (nSPS) is 12.3. The average molecular weight is 345 g/mol. The van der Waals surface area contributed by atoms with Crippen molar-refractivity contribution in [2.75, 3.05) is 27.2 Å². The Kier molecular flexibility index (Phi) is 9.20. The van der Waals surface area contributed by atoms with Crippen molar-refractivity contribution < 1.29 is 14.3 Å². The highest BCUT2D eigenvalue weighted by Gasteiger charge is 2.24. The van der Waals surface area contributed by atoms with Gasteiger partial charge in [0.15, 0.2) is 0 Å². The number of hydrogen-bond acceptors (Lipinski definition) is 4. The summed E-state index contributed by atoms with van der Waals surface area (Å²) in [6.07, 6.45) is -0.496. The number of halogens is 1. The number of nitrogens with zero attached hydrogens (tertiary/aromatic N) is 1. The highest BCUT2D eigenvalue weighted by Crippen LogP contribution is 2.16. The molecular formula is C17H29ClN2O3. The van der Waals surface area contributed by atoms with Gasteiger partial charge < -0.3 is 20.1 Å². The van der Waals surface area contributed by atoms with Crippen LogP contribution in [0.2, 0.25) is 0 Å². The largest absolute Gasteiger partial charge is 0.497 e. The lowest BCUT2D eigenvalue weighted by Gasteiger charge is -2.30. The number of ether oxygens (including phenoxy) is 2. The van der Waals surface area contributed by atoms with Crippen molar-refractivity contribution in [3.8, 4) is 5.75 Å². The van der Waals surface area contributed by atoms with Gasteiger partial charge in [0.1, 0.15) is 11.9 Å². The predicted molar refractivity (Wildman–Crippen MR) is 95.0 cm³/mol. The molecule has 0 bridgehead atoms. The lowest BCUT2D eigenvalue weighted by atomic mass is 9.93. The van der Waals surface area contributed by atoms with Crippen molar-refractivity contribution >= 4 is 18.3 Å². The number of nitrogens with two attached hydrogens (primary N) is 1. The van der Waals surface area contributed by atoms with Gasteiger partial charge in [-0.25, -0.2) is 0 Å². The predicted octanol–water partition coefficient (Wildman–Crippen LogP) is 2.47. The maximum Gasteiger partial charge on any atom is 0.251 e. The number of methoxy groups -OCH3 is 1. The second-order valence-electron chi connectivity index (χ2n) is 6.37. The Morgan fingerprint density at radius 3 is 2.61 bits per heavy atom. The molecule has 0 saturated carbocycles. The SMILES string of the molecule is COc1cccc(COC(C)C(=O)N(C)CC(C)(C)CN)c1.Cl. The van der Waals surface area contributed by atoms with Crippen LogP contribution in [0.4, 0.5) is 0 Å². The third kappa shape index (κ3) is 7.20. The maximum atomic E-state index is 12.3. The van der Waals surface area contributed by atoms with Gasteiger partial charge in [-0.1, -0.05) is 26.0 Å². The summed E-state index contributed by atoms with van der Waals surface area (Å²) >= 11 is 0. The molecule has 0 saturated heterocycles. The van der Waals surface area contributed by atoms with Crippen molar-refractivity contribution in [1.29, 1.82) is 0 Å². The number of likely N-dealkylation sites (N-methyl/N-ethyl adjacent to an activating group) is 1. The molecule has 1 rings (SSSR count). The first kappa shape index (κ1) is 21.7. The molecule has 5 nitrogen and oxygen atoms in total. The van der Waals surface area contributed by atoms with Crippen LogP contribution in [-0.4, -0.2) is 44.2 Å². The monoisotopic (exact) mass is 344 g/mol. The van der Waals surface area contributed by atoms with Crippen molar-refractivity contribution in [3.63, 3.8) is 0 Å². The summed E-state index contributed by atoms with van der Waals surface area (Å²) in [5.74, 6) is 0.742. The zero-order chi connectivity index (χ0) is 16.8. The van der Waals surface area contributed by atoms with Gasteiger partial charge in [0, 0.05) is 13.6 Å². The second kappa shape index (κ2) is 9.75. The molecule has 1 atom stereocenters. The first-order valence-electron chi connectivity index (χ1n) is 7.48. The molecule has 0 aromatic heterocycles. The first-order valence-corrected chi connectivity index (χ1v) is 7.48. The van der Waals surface area contributed by atoms with E-state index in [0.717, 1.165) is 11.3 Å². The third-order valence-electron chi connectivity index (χ3n) is 3.58. The first-order chi connectivity index (χ1) is 10.3. The molecule has 0 aliphatic heterocycles. The van der Waals surface area contributed by atoms with E-state index >= 15 is 0 Å². The Morgan fingerprint density at radius 1 is 1.39 bits per heavy atom. The van der Waals surface area contributed by atoms with Gasteiger partial charge in [-0.05, 0) is 36.6 Å². The molecular weight excluding hydrogens is 316 g/mol. The van der Waals surface area contributed by atoms with Gasteiger partial charge in [0.2, 0.25) is 0 Å². The van der Waals surface area contributed by atoms with Crippen LogP contribution in [0, 0.1) is 5.41 Å². The lowest BCUT2D eigenvalue weighted by molar-refractivity contribution is -0.143. The average Bonchev–Trinajstić information content (AvgIpc) is 2.51. The van der Waals surface area contributed by atoms with Gasteiger partial charge in [-0.3, -0.25) is 4.79 Å². The minimum Gasteiger partial charge on any atom is -0.497 e. The van der Waals surface area contributed by atoms with Crippen LogP contribution in [0.5, 0.6) is 5.75 Å². The second-order valence-corrected chi connectivity index (χ2v) is 6.37.